The lowest BCUT2D eigenvalue weighted by Crippen LogP contribution is -2.53. The minimum atomic E-state index is -1.16. The Morgan fingerprint density at radius 3 is 2.07 bits per heavy atom. The number of primary amides is 1. The van der Waals surface area contributed by atoms with Crippen molar-refractivity contribution in [1.82, 2.24) is 10.2 Å². The summed E-state index contributed by atoms with van der Waals surface area (Å²) in [7, 11) is 0. The Morgan fingerprint density at radius 2 is 1.49 bits per heavy atom. The second kappa shape index (κ2) is 17.8. The van der Waals surface area contributed by atoms with Crippen LogP contribution in [0.2, 0.25) is 5.02 Å². The number of para-hydroxylation sites is 1. The summed E-state index contributed by atoms with van der Waals surface area (Å²) >= 11 is 6.50. The van der Waals surface area contributed by atoms with Crippen molar-refractivity contribution in [2.45, 2.75) is 118 Å². The molecule has 2 aromatic rings. The zero-order valence-corrected chi connectivity index (χ0v) is 28.7. The molecule has 0 aliphatic heterocycles. The minimum absolute atomic E-state index is 0.0505. The van der Waals surface area contributed by atoms with Gasteiger partial charge in [0.15, 0.2) is 0 Å². The molecule has 4 N–H and O–H groups in total. The third-order valence-electron chi connectivity index (χ3n) is 7.55. The third-order valence-corrected chi connectivity index (χ3v) is 7.86. The van der Waals surface area contributed by atoms with Crippen LogP contribution in [-0.2, 0) is 19.1 Å². The summed E-state index contributed by atoms with van der Waals surface area (Å²) in [6.07, 6.45) is 4.82. The molecule has 9 nitrogen and oxygen atoms in total. The molecule has 10 heteroatoms. The molecule has 0 saturated heterocycles. The highest BCUT2D eigenvalue weighted by molar-refractivity contribution is 6.34. The molecule has 4 amide bonds. The van der Waals surface area contributed by atoms with Gasteiger partial charge in [0.2, 0.25) is 11.8 Å². The molecule has 2 rings (SSSR count). The highest BCUT2D eigenvalue weighted by Gasteiger charge is 2.38. The average molecular weight is 643 g/mol. The van der Waals surface area contributed by atoms with Crippen LogP contribution < -0.4 is 16.4 Å². The van der Waals surface area contributed by atoms with E-state index in [4.69, 9.17) is 22.1 Å². The molecule has 2 unspecified atom stereocenters. The van der Waals surface area contributed by atoms with Gasteiger partial charge in [-0.15, -0.1) is 0 Å². The number of nitrogens with one attached hydrogen (secondary N) is 2. The molecule has 0 bridgehead atoms. The number of aryl methyl sites for hydroxylation is 3. The number of benzene rings is 2. The molecule has 2 aromatic carbocycles. The summed E-state index contributed by atoms with van der Waals surface area (Å²) in [5.74, 6) is -1.55. The van der Waals surface area contributed by atoms with Gasteiger partial charge in [0, 0.05) is 13.0 Å². The predicted octanol–water partition coefficient (Wildman–Crippen LogP) is 7.29. The van der Waals surface area contributed by atoms with Crippen LogP contribution in [0.25, 0.3) is 0 Å². The molecule has 2 atom stereocenters. The number of alkyl carbamates (subject to hydrolysis) is 1. The molecule has 0 fully saturated rings. The van der Waals surface area contributed by atoms with E-state index >= 15 is 0 Å². The van der Waals surface area contributed by atoms with Gasteiger partial charge in [0.05, 0.1) is 10.7 Å². The van der Waals surface area contributed by atoms with E-state index in [0.717, 1.165) is 48.8 Å². The first kappa shape index (κ1) is 37.6. The van der Waals surface area contributed by atoms with Crippen LogP contribution in [-0.4, -0.2) is 46.9 Å². The van der Waals surface area contributed by atoms with Crippen LogP contribution in [0.3, 0.4) is 0 Å². The topological polar surface area (TPSA) is 131 Å². The number of hydrogen-bond acceptors (Lipinski definition) is 5. The van der Waals surface area contributed by atoms with Crippen molar-refractivity contribution in [2.75, 3.05) is 11.9 Å². The minimum Gasteiger partial charge on any atom is -0.444 e. The first-order valence-electron chi connectivity index (χ1n) is 15.9. The van der Waals surface area contributed by atoms with Crippen molar-refractivity contribution in [3.63, 3.8) is 0 Å². The molecule has 0 heterocycles. The molecule has 45 heavy (non-hydrogen) atoms. The number of ether oxygens (including phenoxy) is 1. The van der Waals surface area contributed by atoms with Crippen molar-refractivity contribution in [3.05, 3.63) is 63.7 Å². The number of halogens is 1. The smallest absolute Gasteiger partial charge is 0.408 e. The van der Waals surface area contributed by atoms with Crippen LogP contribution in [0, 0.1) is 20.8 Å². The molecule has 248 valence electrons. The number of carbonyl (C=O) groups excluding carboxylic acids is 4. The van der Waals surface area contributed by atoms with Crippen LogP contribution >= 0.6 is 11.6 Å². The summed E-state index contributed by atoms with van der Waals surface area (Å²) < 4.78 is 5.45. The fraction of sp³-hybridized carbons (Fsp3) is 0.543. The normalized spacial score (nSPS) is 12.6. The Kier molecular flexibility index (Phi) is 14.9. The molecular weight excluding hydrogens is 592 g/mol. The Morgan fingerprint density at radius 1 is 0.911 bits per heavy atom. The Balaban J connectivity index is 2.64. The lowest BCUT2D eigenvalue weighted by molar-refractivity contribution is -0.141. The van der Waals surface area contributed by atoms with Crippen molar-refractivity contribution in [1.29, 1.82) is 0 Å². The number of nitrogens with two attached hydrogens (primary N) is 1. The maximum Gasteiger partial charge on any atom is 0.408 e. The highest BCUT2D eigenvalue weighted by atomic mass is 35.5. The zero-order chi connectivity index (χ0) is 33.7. The first-order chi connectivity index (χ1) is 21.2. The van der Waals surface area contributed by atoms with Gasteiger partial charge < -0.3 is 26.0 Å². The van der Waals surface area contributed by atoms with E-state index in [0.29, 0.717) is 22.7 Å². The van der Waals surface area contributed by atoms with Crippen LogP contribution in [0.1, 0.15) is 107 Å². The van der Waals surface area contributed by atoms with Crippen LogP contribution in [0.15, 0.2) is 36.4 Å². The van der Waals surface area contributed by atoms with E-state index in [2.05, 4.69) is 17.6 Å². The molecule has 0 aliphatic carbocycles. The van der Waals surface area contributed by atoms with E-state index in [9.17, 15) is 19.2 Å². The van der Waals surface area contributed by atoms with Gasteiger partial charge in [-0.25, -0.2) is 4.79 Å². The van der Waals surface area contributed by atoms with Gasteiger partial charge >= 0.3 is 6.09 Å². The maximum atomic E-state index is 14.5. The Labute approximate surface area is 273 Å². The molecule has 0 saturated carbocycles. The van der Waals surface area contributed by atoms with E-state index in [1.54, 1.807) is 32.9 Å². The molecular formula is C35H51ClN4O5. The second-order valence-corrected chi connectivity index (χ2v) is 13.0. The fourth-order valence-corrected chi connectivity index (χ4v) is 5.56. The summed E-state index contributed by atoms with van der Waals surface area (Å²) in [6, 6.07) is 8.84. The number of anilines is 1. The number of amides is 4. The molecule has 0 aromatic heterocycles. The predicted molar refractivity (Wildman–Crippen MR) is 180 cm³/mol. The SMILES string of the molecule is CCCCCCCCN(C(=O)C(CCC(N)=O)NC(=O)OC(C)(C)C)C(C(=O)Nc1c(C)cccc1Cl)c1c(C)cccc1C. The van der Waals surface area contributed by atoms with Crippen molar-refractivity contribution >= 4 is 41.1 Å². The largest absolute Gasteiger partial charge is 0.444 e. The molecule has 0 radical (unpaired) electrons. The summed E-state index contributed by atoms with van der Waals surface area (Å²) in [5.41, 5.74) is 8.23. The summed E-state index contributed by atoms with van der Waals surface area (Å²) in [4.78, 5) is 55.2. The fourth-order valence-electron chi connectivity index (χ4n) is 5.29. The number of nitrogens with zero attached hydrogens (tertiary/aromatic N) is 1. The number of rotatable bonds is 16. The van der Waals surface area contributed by atoms with E-state index in [1.165, 1.54) is 4.90 Å². The van der Waals surface area contributed by atoms with E-state index in [1.807, 2.05) is 45.0 Å². The first-order valence-corrected chi connectivity index (χ1v) is 16.2. The zero-order valence-electron chi connectivity index (χ0n) is 27.9. The highest BCUT2D eigenvalue weighted by Crippen LogP contribution is 2.33. The Hall–Kier alpha value is -3.59. The van der Waals surface area contributed by atoms with E-state index < -0.39 is 41.5 Å². The van der Waals surface area contributed by atoms with Gasteiger partial charge in [-0.3, -0.25) is 14.4 Å². The van der Waals surface area contributed by atoms with Gasteiger partial charge in [-0.05, 0) is 82.7 Å². The van der Waals surface area contributed by atoms with Gasteiger partial charge in [-0.1, -0.05) is 81.0 Å². The molecule has 0 spiro atoms. The number of carbonyl (C=O) groups is 4. The van der Waals surface area contributed by atoms with Crippen LogP contribution in [0.4, 0.5) is 10.5 Å². The average Bonchev–Trinajstić information content (AvgIpc) is 2.94. The Bertz CT molecular complexity index is 1280. The van der Waals surface area contributed by atoms with Crippen molar-refractivity contribution < 1.29 is 23.9 Å². The maximum absolute atomic E-state index is 14.5. The number of unbranched alkanes of at least 4 members (excludes halogenated alkanes) is 5. The molecule has 0 aliphatic rings. The standard InChI is InChI=1S/C35H51ClN4O5/c1-8-9-10-11-12-13-22-40(33(43)27(20-21-28(37)41)38-34(44)45-35(5,6)7)31(29-23(2)16-14-17-24(29)3)32(42)39-30-25(4)18-15-19-26(30)36/h14-19,27,31H,8-13,20-22H2,1-7H3,(H2,37,41)(H,38,44)(H,39,42). The quantitative estimate of drug-likeness (QED) is 0.165. The number of hydrogen-bond donors (Lipinski definition) is 3. The summed E-state index contributed by atoms with van der Waals surface area (Å²) in [6.45, 7) is 13.2. The van der Waals surface area contributed by atoms with Gasteiger partial charge in [0.25, 0.3) is 5.91 Å². The van der Waals surface area contributed by atoms with Crippen molar-refractivity contribution in [3.8, 4) is 0 Å². The van der Waals surface area contributed by atoms with Gasteiger partial charge in [-0.2, -0.15) is 0 Å². The van der Waals surface area contributed by atoms with Crippen LogP contribution in [0.5, 0.6) is 0 Å². The van der Waals surface area contributed by atoms with Crippen molar-refractivity contribution in [2.24, 2.45) is 5.73 Å². The second-order valence-electron chi connectivity index (χ2n) is 12.6. The monoisotopic (exact) mass is 642 g/mol. The summed E-state index contributed by atoms with van der Waals surface area (Å²) in [5, 5.41) is 6.03. The lowest BCUT2D eigenvalue weighted by Gasteiger charge is -2.36. The van der Waals surface area contributed by atoms with Gasteiger partial charge in [0.1, 0.15) is 17.7 Å². The van der Waals surface area contributed by atoms with E-state index in [-0.39, 0.29) is 19.4 Å². The lowest BCUT2D eigenvalue weighted by atomic mass is 9.93. The third kappa shape index (κ3) is 12.0.